The summed E-state index contributed by atoms with van der Waals surface area (Å²) in [6.07, 6.45) is 1.74. The Bertz CT molecular complexity index is 466. The van der Waals surface area contributed by atoms with Crippen LogP contribution >= 0.6 is 11.6 Å². The minimum absolute atomic E-state index is 0.0000510. The molecule has 1 aliphatic rings. The van der Waals surface area contributed by atoms with Crippen molar-refractivity contribution in [3.63, 3.8) is 0 Å². The van der Waals surface area contributed by atoms with Gasteiger partial charge in [0.2, 0.25) is 5.95 Å². The molecular formula is C14H23ClN4O. The molecule has 1 aromatic heterocycles. The van der Waals surface area contributed by atoms with E-state index in [0.717, 1.165) is 30.8 Å². The van der Waals surface area contributed by atoms with Crippen LogP contribution in [0.2, 0.25) is 0 Å². The molecule has 0 saturated carbocycles. The summed E-state index contributed by atoms with van der Waals surface area (Å²) in [4.78, 5) is 6.80. The number of aromatic nitrogens is 3. The van der Waals surface area contributed by atoms with Gasteiger partial charge in [-0.05, 0) is 26.7 Å². The van der Waals surface area contributed by atoms with Crippen molar-refractivity contribution in [2.75, 3.05) is 23.9 Å². The summed E-state index contributed by atoms with van der Waals surface area (Å²) in [6, 6.07) is 0. The Morgan fingerprint density at radius 3 is 2.55 bits per heavy atom. The van der Waals surface area contributed by atoms with Crippen molar-refractivity contribution in [3.05, 3.63) is 11.4 Å². The van der Waals surface area contributed by atoms with E-state index < -0.39 is 0 Å². The number of halogens is 1. The van der Waals surface area contributed by atoms with Gasteiger partial charge in [-0.2, -0.15) is 5.10 Å². The summed E-state index contributed by atoms with van der Waals surface area (Å²) < 4.78 is 5.93. The Balaban J connectivity index is 2.26. The average Bonchev–Trinajstić information content (AvgIpc) is 2.44. The van der Waals surface area contributed by atoms with Gasteiger partial charge in [0, 0.05) is 13.1 Å². The fourth-order valence-electron chi connectivity index (χ4n) is 2.59. The molecule has 1 saturated heterocycles. The number of morpholine rings is 1. The van der Waals surface area contributed by atoms with Crippen molar-refractivity contribution >= 4 is 17.5 Å². The second-order valence-electron chi connectivity index (χ2n) is 5.75. The molecule has 0 radical (unpaired) electrons. The topological polar surface area (TPSA) is 51.1 Å². The molecule has 0 N–H and O–H groups in total. The average molecular weight is 299 g/mol. The molecule has 112 valence electrons. The van der Waals surface area contributed by atoms with E-state index in [4.69, 9.17) is 16.3 Å². The maximum atomic E-state index is 5.96. The first-order chi connectivity index (χ1) is 9.49. The van der Waals surface area contributed by atoms with E-state index >= 15 is 0 Å². The maximum absolute atomic E-state index is 5.96. The van der Waals surface area contributed by atoms with Crippen LogP contribution in [-0.2, 0) is 17.6 Å². The zero-order chi connectivity index (χ0) is 14.8. The number of hydrogen-bond donors (Lipinski definition) is 0. The Morgan fingerprint density at radius 2 is 1.95 bits per heavy atom. The molecule has 0 aromatic carbocycles. The van der Waals surface area contributed by atoms with E-state index in [-0.39, 0.29) is 11.7 Å². The molecule has 1 fully saturated rings. The van der Waals surface area contributed by atoms with Gasteiger partial charge in [-0.1, -0.05) is 13.8 Å². The first-order valence-electron chi connectivity index (χ1n) is 7.20. The number of alkyl halides is 1. The van der Waals surface area contributed by atoms with Crippen LogP contribution in [0.5, 0.6) is 0 Å². The van der Waals surface area contributed by atoms with Crippen LogP contribution in [0.25, 0.3) is 0 Å². The molecule has 1 unspecified atom stereocenters. The Kier molecular flexibility index (Phi) is 4.81. The van der Waals surface area contributed by atoms with E-state index in [1.165, 1.54) is 0 Å². The molecule has 1 aromatic rings. The normalized spacial score (nSPS) is 22.1. The SMILES string of the molecule is CCc1nnc(N2CC(CCl)OC(C)(C)C2)nc1CC. The van der Waals surface area contributed by atoms with E-state index in [9.17, 15) is 0 Å². The lowest BCUT2D eigenvalue weighted by Gasteiger charge is -2.42. The molecule has 1 atom stereocenters. The summed E-state index contributed by atoms with van der Waals surface area (Å²) in [7, 11) is 0. The molecule has 0 bridgehead atoms. The molecule has 1 aliphatic heterocycles. The number of anilines is 1. The number of hydrogen-bond acceptors (Lipinski definition) is 5. The minimum atomic E-state index is -0.253. The number of rotatable bonds is 4. The second kappa shape index (κ2) is 6.22. The molecular weight excluding hydrogens is 276 g/mol. The quantitative estimate of drug-likeness (QED) is 0.798. The van der Waals surface area contributed by atoms with Gasteiger partial charge in [-0.3, -0.25) is 0 Å². The van der Waals surface area contributed by atoms with Crippen LogP contribution in [-0.4, -0.2) is 45.9 Å². The van der Waals surface area contributed by atoms with Crippen molar-refractivity contribution in [2.45, 2.75) is 52.2 Å². The van der Waals surface area contributed by atoms with Crippen LogP contribution in [0.4, 0.5) is 5.95 Å². The summed E-state index contributed by atoms with van der Waals surface area (Å²) in [5.41, 5.74) is 1.76. The summed E-state index contributed by atoms with van der Waals surface area (Å²) in [5.74, 6) is 1.16. The lowest BCUT2D eigenvalue weighted by Crippen LogP contribution is -2.54. The van der Waals surface area contributed by atoms with Crippen LogP contribution in [0, 0.1) is 0 Å². The van der Waals surface area contributed by atoms with Gasteiger partial charge in [-0.15, -0.1) is 16.7 Å². The molecule has 20 heavy (non-hydrogen) atoms. The lowest BCUT2D eigenvalue weighted by molar-refractivity contribution is -0.0739. The van der Waals surface area contributed by atoms with Gasteiger partial charge in [-0.25, -0.2) is 4.98 Å². The Labute approximate surface area is 125 Å². The lowest BCUT2D eigenvalue weighted by atomic mass is 10.1. The largest absolute Gasteiger partial charge is 0.367 e. The highest BCUT2D eigenvalue weighted by molar-refractivity contribution is 6.18. The van der Waals surface area contributed by atoms with Crippen molar-refractivity contribution in [1.82, 2.24) is 15.2 Å². The van der Waals surface area contributed by atoms with Crippen LogP contribution in [0.15, 0.2) is 0 Å². The smallest absolute Gasteiger partial charge is 0.245 e. The van der Waals surface area contributed by atoms with Crippen LogP contribution in [0.1, 0.15) is 39.1 Å². The second-order valence-corrected chi connectivity index (χ2v) is 6.06. The molecule has 0 amide bonds. The van der Waals surface area contributed by atoms with Gasteiger partial charge in [0.25, 0.3) is 0 Å². The van der Waals surface area contributed by atoms with Crippen molar-refractivity contribution < 1.29 is 4.74 Å². The molecule has 0 spiro atoms. The third-order valence-corrected chi connectivity index (χ3v) is 3.78. The van der Waals surface area contributed by atoms with Crippen LogP contribution < -0.4 is 4.90 Å². The Morgan fingerprint density at radius 1 is 1.25 bits per heavy atom. The standard InChI is InChI=1S/C14H23ClN4O/c1-5-11-12(6-2)17-18-13(16-11)19-8-10(7-15)20-14(3,4)9-19/h10H,5-9H2,1-4H3. The molecule has 2 rings (SSSR count). The summed E-state index contributed by atoms with van der Waals surface area (Å²) in [6.45, 7) is 9.75. The molecule has 5 nitrogen and oxygen atoms in total. The first kappa shape index (κ1) is 15.4. The van der Waals surface area contributed by atoms with Crippen LogP contribution in [0.3, 0.4) is 0 Å². The zero-order valence-electron chi connectivity index (χ0n) is 12.7. The maximum Gasteiger partial charge on any atom is 0.245 e. The molecule has 2 heterocycles. The molecule has 6 heteroatoms. The van der Waals surface area contributed by atoms with E-state index in [0.29, 0.717) is 18.4 Å². The van der Waals surface area contributed by atoms with Gasteiger partial charge < -0.3 is 9.64 Å². The monoisotopic (exact) mass is 298 g/mol. The fourth-order valence-corrected chi connectivity index (χ4v) is 2.75. The highest BCUT2D eigenvalue weighted by Gasteiger charge is 2.34. The number of ether oxygens (including phenoxy) is 1. The van der Waals surface area contributed by atoms with Crippen molar-refractivity contribution in [3.8, 4) is 0 Å². The number of nitrogens with zero attached hydrogens (tertiary/aromatic N) is 4. The van der Waals surface area contributed by atoms with Gasteiger partial charge >= 0.3 is 0 Å². The highest BCUT2D eigenvalue weighted by Crippen LogP contribution is 2.24. The van der Waals surface area contributed by atoms with Gasteiger partial charge in [0.05, 0.1) is 29.0 Å². The van der Waals surface area contributed by atoms with Gasteiger partial charge in [0.15, 0.2) is 0 Å². The van der Waals surface area contributed by atoms with Gasteiger partial charge in [0.1, 0.15) is 0 Å². The molecule has 0 aliphatic carbocycles. The van der Waals surface area contributed by atoms with E-state index in [1.54, 1.807) is 0 Å². The first-order valence-corrected chi connectivity index (χ1v) is 7.73. The summed E-state index contributed by atoms with van der Waals surface area (Å²) in [5, 5.41) is 8.60. The minimum Gasteiger partial charge on any atom is -0.367 e. The third kappa shape index (κ3) is 3.38. The van der Waals surface area contributed by atoms with E-state index in [1.807, 2.05) is 0 Å². The van der Waals surface area contributed by atoms with Crippen molar-refractivity contribution in [2.24, 2.45) is 0 Å². The fraction of sp³-hybridized carbons (Fsp3) is 0.786. The predicted molar refractivity (Wildman–Crippen MR) is 80.5 cm³/mol. The predicted octanol–water partition coefficient (Wildman–Crippen LogP) is 2.22. The van der Waals surface area contributed by atoms with Crippen molar-refractivity contribution in [1.29, 1.82) is 0 Å². The van der Waals surface area contributed by atoms with E-state index in [2.05, 4.69) is 47.8 Å². The zero-order valence-corrected chi connectivity index (χ0v) is 13.4. The highest BCUT2D eigenvalue weighted by atomic mass is 35.5. The summed E-state index contributed by atoms with van der Waals surface area (Å²) >= 11 is 5.96. The number of aryl methyl sites for hydroxylation is 2. The third-order valence-electron chi connectivity index (χ3n) is 3.43. The Hall–Kier alpha value is -0.940.